The van der Waals surface area contributed by atoms with Crippen molar-refractivity contribution in [3.8, 4) is 5.75 Å². The van der Waals surface area contributed by atoms with Gasteiger partial charge in [0.05, 0.1) is 24.8 Å². The van der Waals surface area contributed by atoms with Gasteiger partial charge in [0.1, 0.15) is 5.75 Å². The van der Waals surface area contributed by atoms with Gasteiger partial charge in [-0.25, -0.2) is 0 Å². The maximum atomic E-state index is 12.8. The van der Waals surface area contributed by atoms with Crippen molar-refractivity contribution in [1.82, 2.24) is 10.3 Å². The Balaban J connectivity index is 2.23. The molecule has 2 heterocycles. The Morgan fingerprint density at radius 3 is 2.81 bits per heavy atom. The van der Waals surface area contributed by atoms with E-state index in [0.717, 1.165) is 54.8 Å². The summed E-state index contributed by atoms with van der Waals surface area (Å²) in [6, 6.07) is 0. The number of carbonyl (C=O) groups is 1. The van der Waals surface area contributed by atoms with Crippen molar-refractivity contribution in [3.05, 3.63) is 23.0 Å². The third-order valence-corrected chi connectivity index (χ3v) is 4.53. The number of aryl methyl sites for hydroxylation is 1. The average Bonchev–Trinajstić information content (AvgIpc) is 2.93. The lowest BCUT2D eigenvalue weighted by atomic mass is 9.84. The second kappa shape index (κ2) is 6.56. The summed E-state index contributed by atoms with van der Waals surface area (Å²) in [6.07, 6.45) is 6.13. The standard InChI is InChI=1S/C17H26N2O2/c1-5-7-17(8-6-9-19-17)15(20)10-14-13(3)16(21-4)12(2)11-18-14/h11,19H,5-10H2,1-4H3. The van der Waals surface area contributed by atoms with Gasteiger partial charge < -0.3 is 10.1 Å². The third-order valence-electron chi connectivity index (χ3n) is 4.53. The molecule has 1 saturated heterocycles. The number of hydrogen-bond donors (Lipinski definition) is 1. The van der Waals surface area contributed by atoms with Gasteiger partial charge in [0.2, 0.25) is 0 Å². The van der Waals surface area contributed by atoms with Crippen LogP contribution in [-0.4, -0.2) is 30.0 Å². The fourth-order valence-electron chi connectivity index (χ4n) is 3.39. The first-order valence-electron chi connectivity index (χ1n) is 7.81. The number of nitrogens with zero attached hydrogens (tertiary/aromatic N) is 1. The molecule has 0 saturated carbocycles. The topological polar surface area (TPSA) is 51.2 Å². The summed E-state index contributed by atoms with van der Waals surface area (Å²) in [4.78, 5) is 17.3. The van der Waals surface area contributed by atoms with Crippen molar-refractivity contribution in [2.24, 2.45) is 0 Å². The Bertz CT molecular complexity index is 520. The van der Waals surface area contributed by atoms with E-state index < -0.39 is 0 Å². The highest BCUT2D eigenvalue weighted by Crippen LogP contribution is 2.29. The van der Waals surface area contributed by atoms with Gasteiger partial charge in [-0.15, -0.1) is 0 Å². The highest BCUT2D eigenvalue weighted by molar-refractivity contribution is 5.90. The first kappa shape index (κ1) is 16.0. The van der Waals surface area contributed by atoms with Crippen LogP contribution in [0, 0.1) is 13.8 Å². The van der Waals surface area contributed by atoms with Gasteiger partial charge in [-0.05, 0) is 39.7 Å². The van der Waals surface area contributed by atoms with Crippen molar-refractivity contribution in [1.29, 1.82) is 0 Å². The van der Waals surface area contributed by atoms with Crippen LogP contribution in [-0.2, 0) is 11.2 Å². The molecule has 21 heavy (non-hydrogen) atoms. The summed E-state index contributed by atoms with van der Waals surface area (Å²) in [5.41, 5.74) is 2.50. The van der Waals surface area contributed by atoms with Crippen LogP contribution in [0.2, 0.25) is 0 Å². The molecule has 4 nitrogen and oxygen atoms in total. The Labute approximate surface area is 127 Å². The predicted molar refractivity (Wildman–Crippen MR) is 83.8 cm³/mol. The van der Waals surface area contributed by atoms with Crippen LogP contribution in [0.4, 0.5) is 0 Å². The minimum atomic E-state index is -0.332. The Morgan fingerprint density at radius 1 is 1.48 bits per heavy atom. The summed E-state index contributed by atoms with van der Waals surface area (Å²) in [5.74, 6) is 1.11. The van der Waals surface area contributed by atoms with Crippen LogP contribution in [0.3, 0.4) is 0 Å². The van der Waals surface area contributed by atoms with Crippen molar-refractivity contribution >= 4 is 5.78 Å². The van der Waals surface area contributed by atoms with Crippen LogP contribution < -0.4 is 10.1 Å². The monoisotopic (exact) mass is 290 g/mol. The molecule has 1 aromatic rings. The zero-order chi connectivity index (χ0) is 15.5. The van der Waals surface area contributed by atoms with Crippen LogP contribution in [0.1, 0.15) is 49.4 Å². The van der Waals surface area contributed by atoms with E-state index in [1.807, 2.05) is 13.8 Å². The highest BCUT2D eigenvalue weighted by Gasteiger charge is 2.39. The summed E-state index contributed by atoms with van der Waals surface area (Å²) in [7, 11) is 1.66. The van der Waals surface area contributed by atoms with Gasteiger partial charge >= 0.3 is 0 Å². The number of aromatic nitrogens is 1. The largest absolute Gasteiger partial charge is 0.496 e. The molecule has 116 valence electrons. The van der Waals surface area contributed by atoms with Gasteiger partial charge in [0.25, 0.3) is 0 Å². The number of nitrogens with one attached hydrogen (secondary N) is 1. The molecule has 2 rings (SSSR count). The Kier molecular flexibility index (Phi) is 4.99. The van der Waals surface area contributed by atoms with Gasteiger partial charge in [0.15, 0.2) is 5.78 Å². The maximum absolute atomic E-state index is 12.8. The Hall–Kier alpha value is -1.42. The summed E-state index contributed by atoms with van der Waals surface area (Å²) in [5, 5.41) is 3.44. The number of ketones is 1. The molecule has 0 aromatic carbocycles. The van der Waals surface area contributed by atoms with E-state index in [0.29, 0.717) is 6.42 Å². The zero-order valence-electron chi connectivity index (χ0n) is 13.6. The lowest BCUT2D eigenvalue weighted by Crippen LogP contribution is -2.48. The van der Waals surface area contributed by atoms with Crippen LogP contribution in [0.5, 0.6) is 5.75 Å². The van der Waals surface area contributed by atoms with Gasteiger partial charge in [-0.3, -0.25) is 9.78 Å². The predicted octanol–water partition coefficient (Wildman–Crippen LogP) is 2.74. The molecule has 1 atom stereocenters. The van der Waals surface area contributed by atoms with E-state index >= 15 is 0 Å². The summed E-state index contributed by atoms with van der Waals surface area (Å²) < 4.78 is 5.43. The second-order valence-corrected chi connectivity index (χ2v) is 6.01. The first-order valence-corrected chi connectivity index (χ1v) is 7.81. The molecule has 0 bridgehead atoms. The summed E-state index contributed by atoms with van der Waals surface area (Å²) >= 11 is 0. The van der Waals surface area contributed by atoms with Crippen LogP contribution in [0.15, 0.2) is 6.20 Å². The molecular weight excluding hydrogens is 264 g/mol. The molecule has 0 radical (unpaired) electrons. The smallest absolute Gasteiger partial charge is 0.158 e. The zero-order valence-corrected chi connectivity index (χ0v) is 13.6. The van der Waals surface area contributed by atoms with E-state index in [1.165, 1.54) is 0 Å². The van der Waals surface area contributed by atoms with Crippen molar-refractivity contribution in [2.75, 3.05) is 13.7 Å². The fourth-order valence-corrected chi connectivity index (χ4v) is 3.39. The van der Waals surface area contributed by atoms with E-state index in [1.54, 1.807) is 13.3 Å². The molecule has 1 fully saturated rings. The normalized spacial score (nSPS) is 21.5. The molecule has 0 spiro atoms. The van der Waals surface area contributed by atoms with Crippen LogP contribution in [0.25, 0.3) is 0 Å². The maximum Gasteiger partial charge on any atom is 0.158 e. The molecule has 1 N–H and O–H groups in total. The summed E-state index contributed by atoms with van der Waals surface area (Å²) in [6.45, 7) is 7.03. The number of pyridine rings is 1. The minimum Gasteiger partial charge on any atom is -0.496 e. The third kappa shape index (κ3) is 3.10. The van der Waals surface area contributed by atoms with E-state index in [9.17, 15) is 4.79 Å². The number of hydrogen-bond acceptors (Lipinski definition) is 4. The lowest BCUT2D eigenvalue weighted by Gasteiger charge is -2.28. The number of Topliss-reactive ketones (excluding diaryl/α,β-unsaturated/α-hetero) is 1. The molecule has 1 aromatic heterocycles. The average molecular weight is 290 g/mol. The minimum absolute atomic E-state index is 0.267. The first-order chi connectivity index (χ1) is 10.0. The molecular formula is C17H26N2O2. The number of rotatable bonds is 6. The molecule has 0 aliphatic carbocycles. The second-order valence-electron chi connectivity index (χ2n) is 6.01. The molecule has 4 heteroatoms. The SMILES string of the molecule is CCCC1(C(=O)Cc2ncc(C)c(OC)c2C)CCCN1. The van der Waals surface area contributed by atoms with Crippen LogP contribution >= 0.6 is 0 Å². The molecule has 0 amide bonds. The van der Waals surface area contributed by atoms with E-state index in [-0.39, 0.29) is 11.3 Å². The highest BCUT2D eigenvalue weighted by atomic mass is 16.5. The number of ether oxygens (including phenoxy) is 1. The van der Waals surface area contributed by atoms with Gasteiger partial charge in [0, 0.05) is 17.3 Å². The Morgan fingerprint density at radius 2 is 2.24 bits per heavy atom. The van der Waals surface area contributed by atoms with E-state index in [4.69, 9.17) is 4.74 Å². The van der Waals surface area contributed by atoms with Crippen molar-refractivity contribution in [2.45, 2.75) is 58.4 Å². The lowest BCUT2D eigenvalue weighted by molar-refractivity contribution is -0.124. The number of carbonyl (C=O) groups excluding carboxylic acids is 1. The molecule has 1 aliphatic heterocycles. The molecule has 1 unspecified atom stereocenters. The van der Waals surface area contributed by atoms with Gasteiger partial charge in [-0.2, -0.15) is 0 Å². The fraction of sp³-hybridized carbons (Fsp3) is 0.647. The van der Waals surface area contributed by atoms with Crippen molar-refractivity contribution < 1.29 is 9.53 Å². The van der Waals surface area contributed by atoms with E-state index in [2.05, 4.69) is 17.2 Å². The van der Waals surface area contributed by atoms with Crippen molar-refractivity contribution in [3.63, 3.8) is 0 Å². The molecule has 1 aliphatic rings. The quantitative estimate of drug-likeness (QED) is 0.875. The van der Waals surface area contributed by atoms with Gasteiger partial charge in [-0.1, -0.05) is 13.3 Å². The number of methoxy groups -OCH3 is 1.